The first-order chi connectivity index (χ1) is 12.4. The molecule has 0 aliphatic carbocycles. The summed E-state index contributed by atoms with van der Waals surface area (Å²) in [5.41, 5.74) is 7.40. The van der Waals surface area contributed by atoms with Gasteiger partial charge in [0, 0.05) is 32.4 Å². The molecule has 10 heteroatoms. The fraction of sp³-hybridized carbons (Fsp3) is 0.882. The minimum absolute atomic E-state index is 0.182. The summed E-state index contributed by atoms with van der Waals surface area (Å²) in [7, 11) is 2.56. The first kappa shape index (κ1) is 26.5. The van der Waals surface area contributed by atoms with Crippen LogP contribution >= 0.6 is 22.9 Å². The molecule has 0 aromatic carbocycles. The number of nitrogens with one attached hydrogen (secondary N) is 2. The zero-order valence-electron chi connectivity index (χ0n) is 17.8. The third-order valence-electron chi connectivity index (χ3n) is 5.54. The number of hydrogen-bond donors (Lipinski definition) is 3. The molecule has 1 amide bonds. The molecule has 0 saturated carbocycles. The van der Waals surface area contributed by atoms with Crippen LogP contribution in [0, 0.1) is 5.41 Å². The van der Waals surface area contributed by atoms with Crippen LogP contribution in [-0.4, -0.2) is 48.8 Å². The molecule has 0 radical (unpaired) electrons. The highest BCUT2D eigenvalue weighted by Gasteiger charge is 2.58. The Morgan fingerprint density at radius 1 is 1.11 bits per heavy atom. The fourth-order valence-corrected chi connectivity index (χ4v) is 3.67. The van der Waals surface area contributed by atoms with Crippen molar-refractivity contribution in [2.45, 2.75) is 72.3 Å². The third-order valence-corrected chi connectivity index (χ3v) is 6.37. The highest BCUT2D eigenvalue weighted by atomic mass is 127. The van der Waals surface area contributed by atoms with Gasteiger partial charge in [-0.3, -0.25) is 5.73 Å². The molecule has 27 heavy (non-hydrogen) atoms. The lowest BCUT2D eigenvalue weighted by Gasteiger charge is -2.48. The second-order valence-corrected chi connectivity index (χ2v) is 8.09. The van der Waals surface area contributed by atoms with E-state index in [1.165, 1.54) is 14.2 Å². The summed E-state index contributed by atoms with van der Waals surface area (Å²) in [6.07, 6.45) is 1.52. The lowest BCUT2D eigenvalue weighted by atomic mass is 9.84. The largest absolute Gasteiger partial charge is 0.541 e. The number of carbonyl (C=O) groups is 2. The number of nitrogens with zero attached hydrogens (tertiary/aromatic N) is 1. The van der Waals surface area contributed by atoms with Gasteiger partial charge in [0.1, 0.15) is 12.1 Å². The van der Waals surface area contributed by atoms with E-state index in [0.29, 0.717) is 19.4 Å². The van der Waals surface area contributed by atoms with E-state index < -0.39 is 23.5 Å². The van der Waals surface area contributed by atoms with E-state index in [-0.39, 0.29) is 10.0 Å². The lowest BCUT2D eigenvalue weighted by Crippen LogP contribution is -2.74. The Kier molecular flexibility index (Phi) is 10.1. The smallest absolute Gasteiger partial charge is 0.365 e. The Bertz CT molecular complexity index is 516. The maximum absolute atomic E-state index is 13.4. The van der Waals surface area contributed by atoms with Crippen LogP contribution in [0.5, 0.6) is 0 Å². The van der Waals surface area contributed by atoms with Gasteiger partial charge in [-0.25, -0.2) is 4.79 Å². The second kappa shape index (κ2) is 10.3. The van der Waals surface area contributed by atoms with E-state index in [4.69, 9.17) is 15.2 Å². The monoisotopic (exact) mass is 503 g/mol. The van der Waals surface area contributed by atoms with Crippen LogP contribution in [0.4, 0.5) is 4.79 Å². The van der Waals surface area contributed by atoms with Gasteiger partial charge >= 0.3 is 18.0 Å². The SMILES string of the molecule is CCC(C)(C)C[N+](NI)(C(=O)OC(N)(OC)C(=O)ONC)C(C)(CC)CC. The van der Waals surface area contributed by atoms with Gasteiger partial charge < -0.3 is 14.3 Å². The molecule has 4 N–H and O–H groups in total. The summed E-state index contributed by atoms with van der Waals surface area (Å²) < 4.78 is 13.3. The van der Waals surface area contributed by atoms with Crippen molar-refractivity contribution in [1.82, 2.24) is 9.12 Å². The summed E-state index contributed by atoms with van der Waals surface area (Å²) in [5, 5.41) is 0. The van der Waals surface area contributed by atoms with Crippen LogP contribution in [0.15, 0.2) is 0 Å². The number of ether oxygens (including phenoxy) is 2. The summed E-state index contributed by atoms with van der Waals surface area (Å²) >= 11 is 1.95. The summed E-state index contributed by atoms with van der Waals surface area (Å²) in [6.45, 7) is 12.7. The third kappa shape index (κ3) is 5.73. The molecule has 0 aromatic heterocycles. The number of nitrogens with two attached hydrogens (primary N) is 1. The Labute approximate surface area is 176 Å². The minimum atomic E-state index is -2.37. The number of carbonyl (C=O) groups excluding carboxylic acids is 2. The van der Waals surface area contributed by atoms with Crippen molar-refractivity contribution in [3.8, 4) is 0 Å². The number of rotatable bonds is 11. The van der Waals surface area contributed by atoms with E-state index in [1.54, 1.807) is 0 Å². The molecule has 9 nitrogen and oxygen atoms in total. The van der Waals surface area contributed by atoms with Gasteiger partial charge in [-0.1, -0.05) is 38.3 Å². The van der Waals surface area contributed by atoms with Crippen LogP contribution in [0.25, 0.3) is 0 Å². The van der Waals surface area contributed by atoms with Gasteiger partial charge in [0.25, 0.3) is 0 Å². The topological polar surface area (TPSA) is 112 Å². The van der Waals surface area contributed by atoms with Crippen LogP contribution in [0.1, 0.15) is 60.8 Å². The Balaban J connectivity index is 6.20. The van der Waals surface area contributed by atoms with Crippen molar-refractivity contribution in [2.75, 3.05) is 20.7 Å². The maximum atomic E-state index is 13.4. The average molecular weight is 503 g/mol. The van der Waals surface area contributed by atoms with Gasteiger partial charge in [-0.15, -0.1) is 4.59 Å². The van der Waals surface area contributed by atoms with Gasteiger partial charge in [-0.2, -0.15) is 10.3 Å². The van der Waals surface area contributed by atoms with E-state index >= 15 is 0 Å². The van der Waals surface area contributed by atoms with E-state index in [2.05, 4.69) is 34.7 Å². The van der Waals surface area contributed by atoms with E-state index in [9.17, 15) is 9.59 Å². The number of methoxy groups -OCH3 is 1. The minimum Gasteiger partial charge on any atom is -0.365 e. The van der Waals surface area contributed by atoms with Crippen molar-refractivity contribution in [1.29, 1.82) is 0 Å². The standard InChI is InChI=1S/C17H36IN4O5/c1-9-15(4,5)12-22(21-18,16(6,10-2)11-3)14(24)26-17(19,25-8)13(23)27-20-7/h20-21H,9-12,19H2,1-8H3/q+1. The number of halogens is 1. The van der Waals surface area contributed by atoms with Crippen molar-refractivity contribution < 1.29 is 28.5 Å². The van der Waals surface area contributed by atoms with Crippen LogP contribution in [0.2, 0.25) is 0 Å². The number of quaternary nitrogens is 1. The average Bonchev–Trinajstić information content (AvgIpc) is 2.65. The summed E-state index contributed by atoms with van der Waals surface area (Å²) in [4.78, 5) is 30.2. The molecule has 0 heterocycles. The Hall–Kier alpha value is -0.530. The normalized spacial score (nSPS) is 17.0. The molecule has 0 bridgehead atoms. The molecule has 0 aliphatic rings. The lowest BCUT2D eigenvalue weighted by molar-refractivity contribution is -0.937. The molecule has 0 saturated heterocycles. The van der Waals surface area contributed by atoms with Crippen molar-refractivity contribution >= 4 is 34.9 Å². The number of amides is 1. The highest BCUT2D eigenvalue weighted by molar-refractivity contribution is 14.1. The Morgan fingerprint density at radius 2 is 1.63 bits per heavy atom. The van der Waals surface area contributed by atoms with Gasteiger partial charge in [0.15, 0.2) is 0 Å². The predicted molar refractivity (Wildman–Crippen MR) is 111 cm³/mol. The zero-order chi connectivity index (χ0) is 21.5. The molecule has 0 aliphatic heterocycles. The molecule has 2 atom stereocenters. The Morgan fingerprint density at radius 3 is 1.96 bits per heavy atom. The summed E-state index contributed by atoms with van der Waals surface area (Å²) in [5.74, 6) is -3.42. The molecule has 0 rings (SSSR count). The first-order valence-electron chi connectivity index (χ1n) is 9.09. The molecular formula is C17H36IN4O5+. The van der Waals surface area contributed by atoms with Crippen molar-refractivity contribution in [2.24, 2.45) is 11.1 Å². The fourth-order valence-electron chi connectivity index (χ4n) is 2.72. The van der Waals surface area contributed by atoms with Crippen LogP contribution in [-0.2, 0) is 19.1 Å². The number of hydrogen-bond acceptors (Lipinski definition) is 8. The maximum Gasteiger partial charge on any atom is 0.541 e. The molecule has 160 valence electrons. The van der Waals surface area contributed by atoms with E-state index in [1.807, 2.05) is 43.6 Å². The predicted octanol–water partition coefficient (Wildman–Crippen LogP) is 2.75. The molecule has 0 aromatic rings. The van der Waals surface area contributed by atoms with E-state index in [0.717, 1.165) is 6.42 Å². The highest BCUT2D eigenvalue weighted by Crippen LogP contribution is 2.37. The molecule has 2 unspecified atom stereocenters. The molecule has 0 fully saturated rings. The van der Waals surface area contributed by atoms with Gasteiger partial charge in [-0.05, 0) is 13.3 Å². The molecular weight excluding hydrogens is 467 g/mol. The van der Waals surface area contributed by atoms with Crippen LogP contribution in [0.3, 0.4) is 0 Å². The van der Waals surface area contributed by atoms with Gasteiger partial charge in [0.2, 0.25) is 0 Å². The van der Waals surface area contributed by atoms with Crippen molar-refractivity contribution in [3.63, 3.8) is 0 Å². The molecule has 0 spiro atoms. The van der Waals surface area contributed by atoms with Crippen molar-refractivity contribution in [3.05, 3.63) is 0 Å². The zero-order valence-corrected chi connectivity index (χ0v) is 19.9. The first-order valence-corrected chi connectivity index (χ1v) is 10.2. The quantitative estimate of drug-likeness (QED) is 0.130. The summed E-state index contributed by atoms with van der Waals surface area (Å²) in [6, 6.07) is 0. The number of hydroxylamine groups is 1. The van der Waals surface area contributed by atoms with Crippen LogP contribution < -0.4 is 14.9 Å². The van der Waals surface area contributed by atoms with Gasteiger partial charge in [0.05, 0.1) is 22.9 Å². The second-order valence-electron chi connectivity index (χ2n) is 7.61.